The molecule has 4 rings (SSSR count). The van der Waals surface area contributed by atoms with Crippen LogP contribution in [0.4, 0.5) is 0 Å². The Morgan fingerprint density at radius 2 is 2.03 bits per heavy atom. The minimum absolute atomic E-state index is 0.0260. The smallest absolute Gasteiger partial charge is 0.256 e. The molecule has 1 aliphatic rings. The number of furan rings is 1. The molecule has 1 fully saturated rings. The maximum atomic E-state index is 13.5. The van der Waals surface area contributed by atoms with E-state index in [1.54, 1.807) is 18.4 Å². The molecular formula is C24H28N2O4. The van der Waals surface area contributed by atoms with Crippen LogP contribution in [0.3, 0.4) is 0 Å². The summed E-state index contributed by atoms with van der Waals surface area (Å²) < 4.78 is 13.1. The summed E-state index contributed by atoms with van der Waals surface area (Å²) >= 11 is 0. The third-order valence-corrected chi connectivity index (χ3v) is 5.78. The van der Waals surface area contributed by atoms with Gasteiger partial charge in [0.1, 0.15) is 11.9 Å². The highest BCUT2D eigenvalue weighted by atomic mass is 16.5. The molecule has 1 saturated heterocycles. The van der Waals surface area contributed by atoms with Crippen LogP contribution in [0.2, 0.25) is 0 Å². The van der Waals surface area contributed by atoms with Crippen LogP contribution >= 0.6 is 0 Å². The van der Waals surface area contributed by atoms with Crippen molar-refractivity contribution in [3.63, 3.8) is 0 Å². The second-order valence-electron chi connectivity index (χ2n) is 7.95. The number of carbonyl (C=O) groups excluding carboxylic acids is 1. The van der Waals surface area contributed by atoms with Gasteiger partial charge < -0.3 is 23.7 Å². The second-order valence-corrected chi connectivity index (χ2v) is 7.95. The van der Waals surface area contributed by atoms with E-state index >= 15 is 0 Å². The molecule has 1 aromatic carbocycles. The molecule has 0 bridgehead atoms. The zero-order chi connectivity index (χ0) is 21.3. The lowest BCUT2D eigenvalue weighted by molar-refractivity contribution is -0.0196. The number of amides is 1. The molecule has 158 valence electrons. The van der Waals surface area contributed by atoms with Crippen LogP contribution in [-0.4, -0.2) is 46.3 Å². The van der Waals surface area contributed by atoms with Crippen molar-refractivity contribution in [2.24, 2.45) is 0 Å². The second kappa shape index (κ2) is 8.50. The minimum Gasteiger partial charge on any atom is -0.467 e. The van der Waals surface area contributed by atoms with Gasteiger partial charge in [-0.05, 0) is 56.7 Å². The molecule has 6 heteroatoms. The minimum atomic E-state index is -0.776. The number of carbonyl (C=O) groups is 1. The van der Waals surface area contributed by atoms with E-state index in [9.17, 15) is 9.90 Å². The third-order valence-electron chi connectivity index (χ3n) is 5.78. The van der Waals surface area contributed by atoms with Crippen LogP contribution in [0.1, 0.15) is 45.6 Å². The molecule has 1 N–H and O–H groups in total. The number of ether oxygens (including phenoxy) is 1. The van der Waals surface area contributed by atoms with Crippen LogP contribution in [0, 0.1) is 20.8 Å². The molecule has 1 aliphatic heterocycles. The van der Waals surface area contributed by atoms with Crippen molar-refractivity contribution in [3.05, 3.63) is 77.0 Å². The fraction of sp³-hybridized carbons (Fsp3) is 0.375. The van der Waals surface area contributed by atoms with E-state index in [1.807, 2.05) is 30.9 Å². The SMILES string of the molecule is Cc1cccc(-n2c(C)cc(C(=O)N3CCOCC3CC(O)c3ccco3)c2C)c1. The molecule has 2 unspecified atom stereocenters. The quantitative estimate of drug-likeness (QED) is 0.694. The Labute approximate surface area is 176 Å². The summed E-state index contributed by atoms with van der Waals surface area (Å²) in [5.74, 6) is 0.479. The number of aliphatic hydroxyl groups is 1. The molecular weight excluding hydrogens is 380 g/mol. The number of rotatable bonds is 5. The van der Waals surface area contributed by atoms with Gasteiger partial charge in [-0.15, -0.1) is 0 Å². The van der Waals surface area contributed by atoms with Crippen molar-refractivity contribution in [1.82, 2.24) is 9.47 Å². The molecule has 0 aliphatic carbocycles. The maximum absolute atomic E-state index is 13.5. The number of morpholine rings is 1. The highest BCUT2D eigenvalue weighted by molar-refractivity contribution is 5.96. The number of aliphatic hydroxyl groups excluding tert-OH is 1. The Hall–Kier alpha value is -2.83. The first-order valence-electron chi connectivity index (χ1n) is 10.3. The van der Waals surface area contributed by atoms with E-state index in [0.29, 0.717) is 37.5 Å². The van der Waals surface area contributed by atoms with E-state index < -0.39 is 6.10 Å². The molecule has 3 heterocycles. The lowest BCUT2D eigenvalue weighted by Crippen LogP contribution is -2.49. The molecule has 30 heavy (non-hydrogen) atoms. The Morgan fingerprint density at radius 1 is 1.20 bits per heavy atom. The highest BCUT2D eigenvalue weighted by Gasteiger charge is 2.32. The topological polar surface area (TPSA) is 67.8 Å². The lowest BCUT2D eigenvalue weighted by atomic mass is 10.0. The van der Waals surface area contributed by atoms with Crippen molar-refractivity contribution in [2.45, 2.75) is 39.3 Å². The van der Waals surface area contributed by atoms with Crippen LogP contribution in [0.5, 0.6) is 0 Å². The Bertz CT molecular complexity index is 1020. The monoisotopic (exact) mass is 408 g/mol. The molecule has 6 nitrogen and oxygen atoms in total. The van der Waals surface area contributed by atoms with E-state index in [-0.39, 0.29) is 11.9 Å². The summed E-state index contributed by atoms with van der Waals surface area (Å²) in [6, 6.07) is 13.5. The van der Waals surface area contributed by atoms with Crippen molar-refractivity contribution >= 4 is 5.91 Å². The Balaban J connectivity index is 1.60. The number of aromatic nitrogens is 1. The van der Waals surface area contributed by atoms with E-state index in [1.165, 1.54) is 5.56 Å². The summed E-state index contributed by atoms with van der Waals surface area (Å²) in [4.78, 5) is 15.3. The van der Waals surface area contributed by atoms with Crippen molar-refractivity contribution in [2.75, 3.05) is 19.8 Å². The van der Waals surface area contributed by atoms with E-state index in [4.69, 9.17) is 9.15 Å². The number of nitrogens with zero attached hydrogens (tertiary/aromatic N) is 2. The molecule has 3 aromatic rings. The van der Waals surface area contributed by atoms with Crippen LogP contribution in [-0.2, 0) is 4.74 Å². The van der Waals surface area contributed by atoms with Crippen LogP contribution in [0.25, 0.3) is 5.69 Å². The zero-order valence-corrected chi connectivity index (χ0v) is 17.7. The average molecular weight is 408 g/mol. The highest BCUT2D eigenvalue weighted by Crippen LogP contribution is 2.27. The summed E-state index contributed by atoms with van der Waals surface area (Å²) in [5.41, 5.74) is 4.85. The van der Waals surface area contributed by atoms with Crippen LogP contribution in [0.15, 0.2) is 53.1 Å². The van der Waals surface area contributed by atoms with Crippen molar-refractivity contribution in [3.8, 4) is 5.69 Å². The summed E-state index contributed by atoms with van der Waals surface area (Å²) in [5, 5.41) is 10.5. The Kier molecular flexibility index (Phi) is 5.79. The first-order chi connectivity index (χ1) is 14.5. The maximum Gasteiger partial charge on any atom is 0.256 e. The van der Waals surface area contributed by atoms with Gasteiger partial charge in [0.05, 0.1) is 31.1 Å². The van der Waals surface area contributed by atoms with Gasteiger partial charge in [0.25, 0.3) is 5.91 Å². The number of hydrogen-bond acceptors (Lipinski definition) is 4. The average Bonchev–Trinajstić information content (AvgIpc) is 3.36. The van der Waals surface area contributed by atoms with Gasteiger partial charge in [-0.2, -0.15) is 0 Å². The van der Waals surface area contributed by atoms with Gasteiger partial charge in [0, 0.05) is 30.0 Å². The normalized spacial score (nSPS) is 17.9. The van der Waals surface area contributed by atoms with Gasteiger partial charge in [-0.1, -0.05) is 12.1 Å². The molecule has 0 spiro atoms. The third kappa shape index (κ3) is 3.93. The number of aryl methyl sites for hydroxylation is 2. The predicted molar refractivity (Wildman–Crippen MR) is 114 cm³/mol. The van der Waals surface area contributed by atoms with Crippen molar-refractivity contribution < 1.29 is 19.1 Å². The van der Waals surface area contributed by atoms with Gasteiger partial charge in [-0.25, -0.2) is 0 Å². The predicted octanol–water partition coefficient (Wildman–Crippen LogP) is 3.96. The van der Waals surface area contributed by atoms with Gasteiger partial charge >= 0.3 is 0 Å². The number of hydrogen-bond donors (Lipinski definition) is 1. The molecule has 0 radical (unpaired) electrons. The van der Waals surface area contributed by atoms with E-state index in [2.05, 4.69) is 29.7 Å². The lowest BCUT2D eigenvalue weighted by Gasteiger charge is -2.36. The molecule has 1 amide bonds. The van der Waals surface area contributed by atoms with Gasteiger partial charge in [-0.3, -0.25) is 4.79 Å². The Morgan fingerprint density at radius 3 is 2.77 bits per heavy atom. The first-order valence-corrected chi connectivity index (χ1v) is 10.3. The van der Waals surface area contributed by atoms with Gasteiger partial charge in [0.15, 0.2) is 0 Å². The fourth-order valence-corrected chi connectivity index (χ4v) is 4.27. The molecule has 0 saturated carbocycles. The number of benzene rings is 1. The summed E-state index contributed by atoms with van der Waals surface area (Å²) in [6.45, 7) is 7.46. The first kappa shape index (κ1) is 20.4. The summed E-state index contributed by atoms with van der Waals surface area (Å²) in [6.07, 6.45) is 1.14. The molecule has 2 atom stereocenters. The molecule has 2 aromatic heterocycles. The largest absolute Gasteiger partial charge is 0.467 e. The zero-order valence-electron chi connectivity index (χ0n) is 17.7. The van der Waals surface area contributed by atoms with Crippen LogP contribution < -0.4 is 0 Å². The standard InChI is InChI=1S/C24H28N2O4/c1-16-6-4-7-19(12-16)26-17(2)13-21(18(26)3)24(28)25-9-11-29-15-20(25)14-22(27)23-8-5-10-30-23/h4-8,10,12-13,20,22,27H,9,11,14-15H2,1-3H3. The summed E-state index contributed by atoms with van der Waals surface area (Å²) in [7, 11) is 0. The van der Waals surface area contributed by atoms with Crippen molar-refractivity contribution in [1.29, 1.82) is 0 Å². The van der Waals surface area contributed by atoms with Gasteiger partial charge in [0.2, 0.25) is 0 Å². The van der Waals surface area contributed by atoms with E-state index in [0.717, 1.165) is 17.1 Å². The fourth-order valence-electron chi connectivity index (χ4n) is 4.27.